The van der Waals surface area contributed by atoms with E-state index in [1.807, 2.05) is 0 Å². The third-order valence-corrected chi connectivity index (χ3v) is 3.12. The normalized spacial score (nSPS) is 14.1. The van der Waals surface area contributed by atoms with E-state index in [4.69, 9.17) is 5.73 Å². The third kappa shape index (κ3) is 2.81. The molecule has 20 heavy (non-hydrogen) atoms. The lowest BCUT2D eigenvalue weighted by Gasteiger charge is -2.22. The van der Waals surface area contributed by atoms with Gasteiger partial charge in [-0.3, -0.25) is 4.98 Å². The first kappa shape index (κ1) is 14.5. The molecule has 2 rings (SSSR count). The first-order valence-corrected chi connectivity index (χ1v) is 5.97. The summed E-state index contributed by atoms with van der Waals surface area (Å²) >= 11 is 0. The van der Waals surface area contributed by atoms with Gasteiger partial charge < -0.3 is 10.8 Å². The van der Waals surface area contributed by atoms with Crippen molar-refractivity contribution < 1.29 is 18.3 Å². The Kier molecular flexibility index (Phi) is 4.36. The Bertz CT molecular complexity index is 569. The van der Waals surface area contributed by atoms with Crippen LogP contribution in [0.5, 0.6) is 0 Å². The van der Waals surface area contributed by atoms with Crippen molar-refractivity contribution in [1.29, 1.82) is 0 Å². The fourth-order valence-electron chi connectivity index (χ4n) is 2.04. The number of aliphatic hydroxyl groups is 1. The van der Waals surface area contributed by atoms with Crippen molar-refractivity contribution >= 4 is 0 Å². The van der Waals surface area contributed by atoms with Crippen LogP contribution in [0.3, 0.4) is 0 Å². The largest absolute Gasteiger partial charge is 0.388 e. The molecular formula is C14H13F3N2O. The van der Waals surface area contributed by atoms with Crippen LogP contribution < -0.4 is 5.73 Å². The zero-order chi connectivity index (χ0) is 14.7. The molecule has 3 N–H and O–H groups in total. The highest BCUT2D eigenvalue weighted by molar-refractivity contribution is 5.27. The molecular weight excluding hydrogens is 269 g/mol. The van der Waals surface area contributed by atoms with E-state index in [-0.39, 0.29) is 12.1 Å². The molecule has 6 heteroatoms. The average Bonchev–Trinajstić information content (AvgIpc) is 2.46. The van der Waals surface area contributed by atoms with Crippen LogP contribution >= 0.6 is 0 Å². The van der Waals surface area contributed by atoms with E-state index in [0.29, 0.717) is 5.56 Å². The van der Waals surface area contributed by atoms with Gasteiger partial charge in [-0.05, 0) is 35.4 Å². The van der Waals surface area contributed by atoms with Crippen LogP contribution in [0.4, 0.5) is 13.2 Å². The van der Waals surface area contributed by atoms with Gasteiger partial charge in [0.15, 0.2) is 17.5 Å². The number of rotatable bonds is 4. The molecule has 2 atom stereocenters. The van der Waals surface area contributed by atoms with Crippen LogP contribution in [0.2, 0.25) is 0 Å². The predicted octanol–water partition coefficient (Wildman–Crippen LogP) is 2.27. The molecule has 0 saturated heterocycles. The number of hydrogen-bond donors (Lipinski definition) is 2. The van der Waals surface area contributed by atoms with Gasteiger partial charge in [-0.2, -0.15) is 0 Å². The van der Waals surface area contributed by atoms with Crippen molar-refractivity contribution in [1.82, 2.24) is 4.98 Å². The van der Waals surface area contributed by atoms with E-state index in [0.717, 1.165) is 12.1 Å². The number of pyridine rings is 1. The van der Waals surface area contributed by atoms with Gasteiger partial charge in [0.1, 0.15) is 0 Å². The first-order valence-electron chi connectivity index (χ1n) is 5.97. The Labute approximate surface area is 113 Å². The Morgan fingerprint density at radius 2 is 1.60 bits per heavy atom. The van der Waals surface area contributed by atoms with E-state index < -0.39 is 29.5 Å². The van der Waals surface area contributed by atoms with Gasteiger partial charge in [0.25, 0.3) is 0 Å². The monoisotopic (exact) mass is 282 g/mol. The molecule has 3 nitrogen and oxygen atoms in total. The first-order chi connectivity index (χ1) is 9.54. The molecule has 0 saturated carbocycles. The van der Waals surface area contributed by atoms with Crippen molar-refractivity contribution in [2.45, 2.75) is 12.0 Å². The van der Waals surface area contributed by atoms with Gasteiger partial charge >= 0.3 is 0 Å². The Morgan fingerprint density at radius 1 is 1.05 bits per heavy atom. The Morgan fingerprint density at radius 3 is 2.10 bits per heavy atom. The standard InChI is InChI=1S/C14H13F3N2O/c15-11-5-9(6-12(16)13(11)17)14(20)10(7-18)8-1-3-19-4-2-8/h1-6,10,14,20H,7,18H2. The van der Waals surface area contributed by atoms with Gasteiger partial charge in [-0.1, -0.05) is 0 Å². The number of aromatic nitrogens is 1. The molecule has 0 aliphatic heterocycles. The smallest absolute Gasteiger partial charge is 0.194 e. The number of nitrogens with zero attached hydrogens (tertiary/aromatic N) is 1. The lowest BCUT2D eigenvalue weighted by molar-refractivity contribution is 0.146. The van der Waals surface area contributed by atoms with Crippen molar-refractivity contribution in [3.63, 3.8) is 0 Å². The van der Waals surface area contributed by atoms with Gasteiger partial charge in [-0.15, -0.1) is 0 Å². The second-order valence-corrected chi connectivity index (χ2v) is 4.37. The molecule has 0 fully saturated rings. The molecule has 0 spiro atoms. The molecule has 1 heterocycles. The van der Waals surface area contributed by atoms with Crippen LogP contribution in [-0.2, 0) is 0 Å². The van der Waals surface area contributed by atoms with Crippen molar-refractivity contribution in [3.05, 3.63) is 65.2 Å². The van der Waals surface area contributed by atoms with Gasteiger partial charge in [0, 0.05) is 24.9 Å². The van der Waals surface area contributed by atoms with Crippen LogP contribution in [0.25, 0.3) is 0 Å². The minimum Gasteiger partial charge on any atom is -0.388 e. The molecule has 2 unspecified atom stereocenters. The van der Waals surface area contributed by atoms with Crippen molar-refractivity contribution in [3.8, 4) is 0 Å². The predicted molar refractivity (Wildman–Crippen MR) is 67.3 cm³/mol. The van der Waals surface area contributed by atoms with Gasteiger partial charge in [0.2, 0.25) is 0 Å². The second-order valence-electron chi connectivity index (χ2n) is 4.37. The number of nitrogens with two attached hydrogens (primary N) is 1. The molecule has 2 aromatic rings. The molecule has 1 aromatic carbocycles. The zero-order valence-corrected chi connectivity index (χ0v) is 10.4. The van der Waals surface area contributed by atoms with Crippen LogP contribution in [0.1, 0.15) is 23.1 Å². The summed E-state index contributed by atoms with van der Waals surface area (Å²) in [6, 6.07) is 4.84. The van der Waals surface area contributed by atoms with Crippen molar-refractivity contribution in [2.24, 2.45) is 5.73 Å². The zero-order valence-electron chi connectivity index (χ0n) is 10.4. The summed E-state index contributed by atoms with van der Waals surface area (Å²) in [5, 5.41) is 10.2. The van der Waals surface area contributed by atoms with E-state index in [9.17, 15) is 18.3 Å². The van der Waals surface area contributed by atoms with Gasteiger partial charge in [-0.25, -0.2) is 13.2 Å². The van der Waals surface area contributed by atoms with E-state index in [2.05, 4.69) is 4.98 Å². The molecule has 0 aliphatic rings. The lowest BCUT2D eigenvalue weighted by Crippen LogP contribution is -2.20. The number of halogens is 3. The molecule has 0 bridgehead atoms. The number of benzene rings is 1. The second kappa shape index (κ2) is 6.02. The summed E-state index contributed by atoms with van der Waals surface area (Å²) in [5.74, 6) is -4.81. The third-order valence-electron chi connectivity index (χ3n) is 3.12. The topological polar surface area (TPSA) is 59.1 Å². The maximum atomic E-state index is 13.2. The highest BCUT2D eigenvalue weighted by Gasteiger charge is 2.24. The molecule has 106 valence electrons. The molecule has 0 amide bonds. The summed E-state index contributed by atoms with van der Waals surface area (Å²) in [7, 11) is 0. The minimum atomic E-state index is -1.56. The maximum absolute atomic E-state index is 13.2. The summed E-state index contributed by atoms with van der Waals surface area (Å²) in [6.45, 7) is 0.0613. The van der Waals surface area contributed by atoms with Crippen LogP contribution in [-0.4, -0.2) is 16.6 Å². The summed E-state index contributed by atoms with van der Waals surface area (Å²) < 4.78 is 39.3. The SMILES string of the molecule is NCC(c1ccncc1)C(O)c1cc(F)c(F)c(F)c1. The lowest BCUT2D eigenvalue weighted by atomic mass is 9.89. The van der Waals surface area contributed by atoms with Crippen LogP contribution in [0, 0.1) is 17.5 Å². The summed E-state index contributed by atoms with van der Waals surface area (Å²) in [5.41, 5.74) is 6.23. The van der Waals surface area contributed by atoms with E-state index in [1.165, 1.54) is 12.4 Å². The van der Waals surface area contributed by atoms with Gasteiger partial charge in [0.05, 0.1) is 6.10 Å². The highest BCUT2D eigenvalue weighted by Crippen LogP contribution is 2.31. The molecule has 0 aliphatic carbocycles. The highest BCUT2D eigenvalue weighted by atomic mass is 19.2. The fraction of sp³-hybridized carbons (Fsp3) is 0.214. The fourth-order valence-corrected chi connectivity index (χ4v) is 2.04. The number of aliphatic hydroxyl groups excluding tert-OH is 1. The molecule has 1 aromatic heterocycles. The quantitative estimate of drug-likeness (QED) is 0.846. The average molecular weight is 282 g/mol. The van der Waals surface area contributed by atoms with E-state index >= 15 is 0 Å². The van der Waals surface area contributed by atoms with E-state index in [1.54, 1.807) is 12.1 Å². The summed E-state index contributed by atoms with van der Waals surface area (Å²) in [4.78, 5) is 3.84. The number of hydrogen-bond acceptors (Lipinski definition) is 3. The van der Waals surface area contributed by atoms with Crippen LogP contribution in [0.15, 0.2) is 36.7 Å². The Balaban J connectivity index is 2.36. The van der Waals surface area contributed by atoms with Crippen molar-refractivity contribution in [2.75, 3.05) is 6.54 Å². The summed E-state index contributed by atoms with van der Waals surface area (Å²) in [6.07, 6.45) is 1.81. The minimum absolute atomic E-state index is 0.0613. The Hall–Kier alpha value is -1.92. The molecule has 0 radical (unpaired) electrons. The maximum Gasteiger partial charge on any atom is 0.194 e.